The van der Waals surface area contributed by atoms with Gasteiger partial charge in [-0.2, -0.15) is 5.10 Å². The Morgan fingerprint density at radius 3 is 2.68 bits per heavy atom. The highest BCUT2D eigenvalue weighted by molar-refractivity contribution is 5.11. The predicted molar refractivity (Wildman–Crippen MR) is 72.5 cm³/mol. The van der Waals surface area contributed by atoms with E-state index in [9.17, 15) is 0 Å². The standard InChI is InChI=1S/C13H20N6/c1-3-5-16-12(11-7-14-9-15-8-11)6-13-17-10-18-19(13)4-2/h7-10,12,16H,3-6H2,1-2H3. The van der Waals surface area contributed by atoms with Gasteiger partial charge in [-0.05, 0) is 19.9 Å². The molecule has 0 bridgehead atoms. The molecule has 1 atom stereocenters. The van der Waals surface area contributed by atoms with Crippen LogP contribution in [-0.2, 0) is 13.0 Å². The zero-order valence-corrected chi connectivity index (χ0v) is 11.5. The maximum Gasteiger partial charge on any atom is 0.138 e. The SMILES string of the molecule is CCCNC(Cc1ncnn1CC)c1cncnc1. The van der Waals surface area contributed by atoms with Crippen molar-refractivity contribution in [2.24, 2.45) is 0 Å². The number of nitrogens with zero attached hydrogens (tertiary/aromatic N) is 5. The summed E-state index contributed by atoms with van der Waals surface area (Å²) >= 11 is 0. The van der Waals surface area contributed by atoms with Crippen LogP contribution in [0.15, 0.2) is 25.0 Å². The first-order chi connectivity index (χ1) is 9.35. The maximum atomic E-state index is 4.33. The Bertz CT molecular complexity index is 481. The summed E-state index contributed by atoms with van der Waals surface area (Å²) in [5.41, 5.74) is 1.08. The minimum atomic E-state index is 0.177. The van der Waals surface area contributed by atoms with Crippen LogP contribution in [-0.4, -0.2) is 31.3 Å². The van der Waals surface area contributed by atoms with Gasteiger partial charge in [0.2, 0.25) is 0 Å². The Labute approximate surface area is 113 Å². The topological polar surface area (TPSA) is 68.5 Å². The number of hydrogen-bond acceptors (Lipinski definition) is 5. The molecule has 0 aromatic carbocycles. The van der Waals surface area contributed by atoms with E-state index in [1.165, 1.54) is 0 Å². The van der Waals surface area contributed by atoms with Gasteiger partial charge >= 0.3 is 0 Å². The van der Waals surface area contributed by atoms with Crippen molar-refractivity contribution < 1.29 is 0 Å². The van der Waals surface area contributed by atoms with Gasteiger partial charge in [-0.15, -0.1) is 0 Å². The van der Waals surface area contributed by atoms with Gasteiger partial charge in [-0.3, -0.25) is 4.68 Å². The molecule has 1 unspecified atom stereocenters. The van der Waals surface area contributed by atoms with Gasteiger partial charge in [0.25, 0.3) is 0 Å². The molecule has 0 fully saturated rings. The third-order valence-corrected chi connectivity index (χ3v) is 3.01. The largest absolute Gasteiger partial charge is 0.309 e. The number of aromatic nitrogens is 5. The van der Waals surface area contributed by atoms with E-state index in [4.69, 9.17) is 0 Å². The zero-order chi connectivity index (χ0) is 13.5. The summed E-state index contributed by atoms with van der Waals surface area (Å²) in [6.07, 6.45) is 8.75. The molecular weight excluding hydrogens is 240 g/mol. The Hall–Kier alpha value is -1.82. The molecule has 0 amide bonds. The first-order valence-corrected chi connectivity index (χ1v) is 6.70. The summed E-state index contributed by atoms with van der Waals surface area (Å²) in [6.45, 7) is 6.01. The van der Waals surface area contributed by atoms with Gasteiger partial charge in [-0.1, -0.05) is 6.92 Å². The lowest BCUT2D eigenvalue weighted by molar-refractivity contribution is 0.494. The predicted octanol–water partition coefficient (Wildman–Crippen LogP) is 1.37. The number of nitrogens with one attached hydrogen (secondary N) is 1. The lowest BCUT2D eigenvalue weighted by atomic mass is 10.1. The highest BCUT2D eigenvalue weighted by Gasteiger charge is 2.15. The number of aryl methyl sites for hydroxylation is 1. The first-order valence-electron chi connectivity index (χ1n) is 6.70. The molecule has 6 nitrogen and oxygen atoms in total. The molecule has 2 aromatic rings. The monoisotopic (exact) mass is 260 g/mol. The minimum absolute atomic E-state index is 0.177. The molecule has 6 heteroatoms. The molecule has 102 valence electrons. The van der Waals surface area contributed by atoms with E-state index in [-0.39, 0.29) is 6.04 Å². The summed E-state index contributed by atoms with van der Waals surface area (Å²) < 4.78 is 1.92. The molecule has 1 N–H and O–H groups in total. The van der Waals surface area contributed by atoms with Crippen LogP contribution in [0.4, 0.5) is 0 Å². The van der Waals surface area contributed by atoms with Gasteiger partial charge in [0.05, 0.1) is 0 Å². The summed E-state index contributed by atoms with van der Waals surface area (Å²) in [5.74, 6) is 0.986. The molecule has 0 saturated heterocycles. The highest BCUT2D eigenvalue weighted by Crippen LogP contribution is 2.15. The van der Waals surface area contributed by atoms with Crippen molar-refractivity contribution in [3.05, 3.63) is 36.4 Å². The highest BCUT2D eigenvalue weighted by atomic mass is 15.3. The average molecular weight is 260 g/mol. The molecular formula is C13H20N6. The zero-order valence-electron chi connectivity index (χ0n) is 11.5. The van der Waals surface area contributed by atoms with E-state index in [0.29, 0.717) is 0 Å². The van der Waals surface area contributed by atoms with E-state index in [1.54, 1.807) is 12.7 Å². The second kappa shape index (κ2) is 6.94. The van der Waals surface area contributed by atoms with Crippen molar-refractivity contribution in [3.8, 4) is 0 Å². The molecule has 2 rings (SSSR count). The molecule has 2 heterocycles. The second-order valence-electron chi connectivity index (χ2n) is 4.37. The van der Waals surface area contributed by atoms with Crippen LogP contribution in [0.3, 0.4) is 0 Å². The van der Waals surface area contributed by atoms with Gasteiger partial charge in [0.15, 0.2) is 0 Å². The smallest absolute Gasteiger partial charge is 0.138 e. The molecule has 0 aliphatic carbocycles. The quantitative estimate of drug-likeness (QED) is 0.814. The van der Waals surface area contributed by atoms with Crippen LogP contribution in [0, 0.1) is 0 Å². The van der Waals surface area contributed by atoms with Crippen molar-refractivity contribution in [1.82, 2.24) is 30.0 Å². The molecule has 0 spiro atoms. The Kier molecular flexibility index (Phi) is 4.97. The minimum Gasteiger partial charge on any atom is -0.309 e. The van der Waals surface area contributed by atoms with Crippen LogP contribution in [0.5, 0.6) is 0 Å². The summed E-state index contributed by atoms with van der Waals surface area (Å²) in [5, 5.41) is 7.72. The van der Waals surface area contributed by atoms with Crippen molar-refractivity contribution in [2.75, 3.05) is 6.54 Å². The summed E-state index contributed by atoms with van der Waals surface area (Å²) in [4.78, 5) is 12.5. The van der Waals surface area contributed by atoms with Crippen LogP contribution in [0.2, 0.25) is 0 Å². The fourth-order valence-electron chi connectivity index (χ4n) is 2.01. The summed E-state index contributed by atoms with van der Waals surface area (Å²) in [7, 11) is 0. The van der Waals surface area contributed by atoms with Crippen LogP contribution in [0.25, 0.3) is 0 Å². The van der Waals surface area contributed by atoms with Gasteiger partial charge in [-0.25, -0.2) is 15.0 Å². The van der Waals surface area contributed by atoms with Crippen LogP contribution < -0.4 is 5.32 Å². The molecule has 19 heavy (non-hydrogen) atoms. The van der Waals surface area contributed by atoms with E-state index in [2.05, 4.69) is 39.2 Å². The van der Waals surface area contributed by atoms with Crippen LogP contribution >= 0.6 is 0 Å². The Morgan fingerprint density at radius 2 is 2.00 bits per heavy atom. The van der Waals surface area contributed by atoms with Crippen molar-refractivity contribution in [1.29, 1.82) is 0 Å². The Balaban J connectivity index is 2.14. The lowest BCUT2D eigenvalue weighted by Gasteiger charge is -2.18. The molecule has 2 aromatic heterocycles. The third kappa shape index (κ3) is 3.57. The number of hydrogen-bond donors (Lipinski definition) is 1. The number of rotatable bonds is 7. The van der Waals surface area contributed by atoms with E-state index in [1.807, 2.05) is 17.1 Å². The average Bonchev–Trinajstić information content (AvgIpc) is 2.91. The first kappa shape index (κ1) is 13.6. The van der Waals surface area contributed by atoms with E-state index in [0.717, 1.165) is 37.3 Å². The maximum absolute atomic E-state index is 4.33. The molecule has 0 aliphatic heterocycles. The van der Waals surface area contributed by atoms with Gasteiger partial charge < -0.3 is 5.32 Å². The lowest BCUT2D eigenvalue weighted by Crippen LogP contribution is -2.25. The van der Waals surface area contributed by atoms with Crippen LogP contribution in [0.1, 0.15) is 37.7 Å². The normalized spacial score (nSPS) is 12.5. The molecule has 0 radical (unpaired) electrons. The second-order valence-corrected chi connectivity index (χ2v) is 4.37. The Morgan fingerprint density at radius 1 is 1.21 bits per heavy atom. The van der Waals surface area contributed by atoms with Crippen molar-refractivity contribution in [3.63, 3.8) is 0 Å². The van der Waals surface area contributed by atoms with Crippen molar-refractivity contribution >= 4 is 0 Å². The fourth-order valence-corrected chi connectivity index (χ4v) is 2.01. The molecule has 0 aliphatic rings. The van der Waals surface area contributed by atoms with E-state index < -0.39 is 0 Å². The summed E-state index contributed by atoms with van der Waals surface area (Å²) in [6, 6.07) is 0.177. The van der Waals surface area contributed by atoms with Gasteiger partial charge in [0, 0.05) is 37.0 Å². The fraction of sp³-hybridized carbons (Fsp3) is 0.538. The third-order valence-electron chi connectivity index (χ3n) is 3.01. The van der Waals surface area contributed by atoms with E-state index >= 15 is 0 Å². The molecule has 0 saturated carbocycles. The van der Waals surface area contributed by atoms with Gasteiger partial charge in [0.1, 0.15) is 18.5 Å². The van der Waals surface area contributed by atoms with Crippen molar-refractivity contribution in [2.45, 2.75) is 39.3 Å².